The lowest BCUT2D eigenvalue weighted by Gasteiger charge is -2.26. The number of benzene rings is 1. The van der Waals surface area contributed by atoms with Crippen molar-refractivity contribution in [1.29, 1.82) is 0 Å². The van der Waals surface area contributed by atoms with Gasteiger partial charge >= 0.3 is 0 Å². The third kappa shape index (κ3) is 2.81. The highest BCUT2D eigenvalue weighted by molar-refractivity contribution is 5.39. The summed E-state index contributed by atoms with van der Waals surface area (Å²) in [6, 6.07) is 6.58. The molecular weight excluding hydrogens is 210 g/mol. The summed E-state index contributed by atoms with van der Waals surface area (Å²) >= 11 is 0. The molecule has 0 aromatic heterocycles. The number of ether oxygens (including phenoxy) is 1. The molecule has 1 aliphatic rings. The minimum atomic E-state index is 0.565. The topological polar surface area (TPSA) is 21.3 Å². The molecule has 1 saturated heterocycles. The Bertz CT molecular complexity index is 367. The number of hydrogen-bond acceptors (Lipinski definition) is 2. The van der Waals surface area contributed by atoms with Gasteiger partial charge in [0.15, 0.2) is 0 Å². The van der Waals surface area contributed by atoms with E-state index in [1.807, 2.05) is 0 Å². The van der Waals surface area contributed by atoms with Crippen LogP contribution in [0, 0.1) is 0 Å². The van der Waals surface area contributed by atoms with E-state index in [4.69, 9.17) is 4.74 Å². The smallest absolute Gasteiger partial charge is 0.119 e. The van der Waals surface area contributed by atoms with Crippen molar-refractivity contribution in [2.24, 2.45) is 0 Å². The summed E-state index contributed by atoms with van der Waals surface area (Å²) in [4.78, 5) is 0. The maximum Gasteiger partial charge on any atom is 0.119 e. The summed E-state index contributed by atoms with van der Waals surface area (Å²) in [6.07, 6.45) is 2.51. The highest BCUT2D eigenvalue weighted by atomic mass is 16.5. The fourth-order valence-electron chi connectivity index (χ4n) is 2.68. The van der Waals surface area contributed by atoms with Crippen LogP contribution < -0.4 is 10.1 Å². The molecule has 2 rings (SSSR count). The molecule has 94 valence electrons. The molecule has 0 radical (unpaired) electrons. The summed E-state index contributed by atoms with van der Waals surface area (Å²) in [6.45, 7) is 6.82. The van der Waals surface area contributed by atoms with Crippen molar-refractivity contribution in [3.63, 3.8) is 0 Å². The van der Waals surface area contributed by atoms with Gasteiger partial charge in [-0.1, -0.05) is 19.9 Å². The van der Waals surface area contributed by atoms with E-state index in [0.717, 1.165) is 24.8 Å². The van der Waals surface area contributed by atoms with Gasteiger partial charge in [0.2, 0.25) is 0 Å². The second-order valence-electron chi connectivity index (χ2n) is 5.17. The largest absolute Gasteiger partial charge is 0.497 e. The molecule has 2 nitrogen and oxygen atoms in total. The van der Waals surface area contributed by atoms with Crippen LogP contribution in [0.2, 0.25) is 0 Å². The van der Waals surface area contributed by atoms with Crippen LogP contribution in [-0.2, 0) is 0 Å². The van der Waals surface area contributed by atoms with Crippen LogP contribution >= 0.6 is 0 Å². The maximum atomic E-state index is 5.33. The number of nitrogens with one attached hydrogen (secondary N) is 1. The van der Waals surface area contributed by atoms with E-state index in [2.05, 4.69) is 37.4 Å². The van der Waals surface area contributed by atoms with Crippen molar-refractivity contribution in [2.75, 3.05) is 20.2 Å². The molecule has 0 unspecified atom stereocenters. The summed E-state index contributed by atoms with van der Waals surface area (Å²) in [5, 5.41) is 3.43. The van der Waals surface area contributed by atoms with Crippen LogP contribution in [0.4, 0.5) is 0 Å². The van der Waals surface area contributed by atoms with Crippen LogP contribution in [0.25, 0.3) is 0 Å². The minimum absolute atomic E-state index is 0.565. The predicted molar refractivity (Wildman–Crippen MR) is 71.9 cm³/mol. The molecule has 0 saturated carbocycles. The van der Waals surface area contributed by atoms with Crippen LogP contribution in [0.1, 0.15) is 49.7 Å². The van der Waals surface area contributed by atoms with Gasteiger partial charge in [0.25, 0.3) is 0 Å². The fraction of sp³-hybridized carbons (Fsp3) is 0.600. The van der Waals surface area contributed by atoms with E-state index in [0.29, 0.717) is 5.92 Å². The van der Waals surface area contributed by atoms with E-state index >= 15 is 0 Å². The van der Waals surface area contributed by atoms with E-state index < -0.39 is 0 Å². The maximum absolute atomic E-state index is 5.33. The first-order valence-electron chi connectivity index (χ1n) is 6.61. The van der Waals surface area contributed by atoms with Crippen molar-refractivity contribution < 1.29 is 4.74 Å². The average molecular weight is 233 g/mol. The third-order valence-electron chi connectivity index (χ3n) is 3.69. The molecule has 0 atom stereocenters. The van der Waals surface area contributed by atoms with Gasteiger partial charge in [0.1, 0.15) is 5.75 Å². The average Bonchev–Trinajstić information content (AvgIpc) is 2.39. The lowest BCUT2D eigenvalue weighted by Crippen LogP contribution is -2.27. The van der Waals surface area contributed by atoms with E-state index in [1.54, 1.807) is 7.11 Å². The summed E-state index contributed by atoms with van der Waals surface area (Å²) in [7, 11) is 1.74. The Morgan fingerprint density at radius 1 is 1.24 bits per heavy atom. The van der Waals surface area contributed by atoms with Crippen LogP contribution in [0.5, 0.6) is 5.75 Å². The van der Waals surface area contributed by atoms with Crippen molar-refractivity contribution in [3.05, 3.63) is 29.3 Å². The molecule has 1 N–H and O–H groups in total. The Hall–Kier alpha value is -1.02. The zero-order valence-corrected chi connectivity index (χ0v) is 11.1. The predicted octanol–water partition coefficient (Wildman–Crippen LogP) is 3.29. The fourth-order valence-corrected chi connectivity index (χ4v) is 2.68. The molecule has 17 heavy (non-hydrogen) atoms. The van der Waals surface area contributed by atoms with Gasteiger partial charge in [-0.2, -0.15) is 0 Å². The molecular formula is C15H23NO. The SMILES string of the molecule is COc1ccc(C2CCNCC2)c(C(C)C)c1. The first-order chi connectivity index (χ1) is 8.22. The lowest BCUT2D eigenvalue weighted by molar-refractivity contribution is 0.412. The van der Waals surface area contributed by atoms with Gasteiger partial charge in [-0.05, 0) is 61.0 Å². The van der Waals surface area contributed by atoms with Crippen molar-refractivity contribution >= 4 is 0 Å². The van der Waals surface area contributed by atoms with Crippen molar-refractivity contribution in [3.8, 4) is 5.75 Å². The second kappa shape index (κ2) is 5.54. The Labute approximate surface area is 104 Å². The highest BCUT2D eigenvalue weighted by Gasteiger charge is 2.19. The number of rotatable bonds is 3. The Morgan fingerprint density at radius 3 is 2.53 bits per heavy atom. The standard InChI is InChI=1S/C15H23NO/c1-11(2)15-10-13(17-3)4-5-14(15)12-6-8-16-9-7-12/h4-5,10-12,16H,6-9H2,1-3H3. The van der Waals surface area contributed by atoms with Gasteiger partial charge in [0, 0.05) is 0 Å². The Morgan fingerprint density at radius 2 is 1.94 bits per heavy atom. The van der Waals surface area contributed by atoms with E-state index in [1.165, 1.54) is 24.0 Å². The van der Waals surface area contributed by atoms with Crippen molar-refractivity contribution in [2.45, 2.75) is 38.5 Å². The van der Waals surface area contributed by atoms with Crippen molar-refractivity contribution in [1.82, 2.24) is 5.32 Å². The molecule has 1 aromatic rings. The van der Waals surface area contributed by atoms with Gasteiger partial charge in [0.05, 0.1) is 7.11 Å². The zero-order valence-electron chi connectivity index (χ0n) is 11.1. The third-order valence-corrected chi connectivity index (χ3v) is 3.69. The molecule has 1 aliphatic heterocycles. The van der Waals surface area contributed by atoms with Crippen LogP contribution in [0.15, 0.2) is 18.2 Å². The first kappa shape index (κ1) is 12.4. The van der Waals surface area contributed by atoms with Crippen LogP contribution in [-0.4, -0.2) is 20.2 Å². The Balaban J connectivity index is 2.31. The second-order valence-corrected chi connectivity index (χ2v) is 5.17. The number of methoxy groups -OCH3 is 1. The molecule has 0 bridgehead atoms. The quantitative estimate of drug-likeness (QED) is 0.865. The van der Waals surface area contributed by atoms with Crippen LogP contribution in [0.3, 0.4) is 0 Å². The molecule has 0 amide bonds. The zero-order chi connectivity index (χ0) is 12.3. The lowest BCUT2D eigenvalue weighted by atomic mass is 9.84. The summed E-state index contributed by atoms with van der Waals surface area (Å²) in [5.41, 5.74) is 2.98. The number of hydrogen-bond donors (Lipinski definition) is 1. The number of piperidine rings is 1. The molecule has 1 heterocycles. The van der Waals surface area contributed by atoms with Gasteiger partial charge < -0.3 is 10.1 Å². The highest BCUT2D eigenvalue weighted by Crippen LogP contribution is 2.34. The molecule has 2 heteroatoms. The molecule has 0 spiro atoms. The summed E-state index contributed by atoms with van der Waals surface area (Å²) < 4.78 is 5.33. The normalized spacial score (nSPS) is 17.4. The molecule has 1 aromatic carbocycles. The van der Waals surface area contributed by atoms with Gasteiger partial charge in [-0.3, -0.25) is 0 Å². The van der Waals surface area contributed by atoms with Gasteiger partial charge in [-0.15, -0.1) is 0 Å². The monoisotopic (exact) mass is 233 g/mol. The summed E-state index contributed by atoms with van der Waals surface area (Å²) in [5.74, 6) is 2.26. The first-order valence-corrected chi connectivity index (χ1v) is 6.61. The minimum Gasteiger partial charge on any atom is -0.497 e. The van der Waals surface area contributed by atoms with E-state index in [9.17, 15) is 0 Å². The van der Waals surface area contributed by atoms with E-state index in [-0.39, 0.29) is 0 Å². The molecule has 0 aliphatic carbocycles. The van der Waals surface area contributed by atoms with Gasteiger partial charge in [-0.25, -0.2) is 0 Å². The molecule has 1 fully saturated rings. The Kier molecular flexibility index (Phi) is 4.06.